The number of halogens is 3. The van der Waals surface area contributed by atoms with Gasteiger partial charge < -0.3 is 15.6 Å². The number of hydrogen-bond donors (Lipinski definition) is 2. The van der Waals surface area contributed by atoms with E-state index in [1.54, 1.807) is 30.3 Å². The van der Waals surface area contributed by atoms with E-state index >= 15 is 0 Å². The molecule has 3 aromatic carbocycles. The lowest BCUT2D eigenvalue weighted by Gasteiger charge is -2.17. The summed E-state index contributed by atoms with van der Waals surface area (Å²) in [6, 6.07) is 16.7. The van der Waals surface area contributed by atoms with E-state index in [0.29, 0.717) is 22.3 Å². The fourth-order valence-corrected chi connectivity index (χ4v) is 2.79. The fourth-order valence-electron chi connectivity index (χ4n) is 2.79. The van der Waals surface area contributed by atoms with Crippen LogP contribution in [0.15, 0.2) is 66.7 Å². The Morgan fingerprint density at radius 1 is 0.926 bits per heavy atom. The molecular weight excluding hydrogens is 359 g/mol. The highest BCUT2D eigenvalue weighted by molar-refractivity contribution is 6.04. The molecule has 3 rings (SSSR count). The minimum atomic E-state index is -4.92. The summed E-state index contributed by atoms with van der Waals surface area (Å²) in [5.74, 6) is -1.45. The SMILES string of the molecule is NC(=O)c1cc(OC(F)(F)F)cc(-c2ccc(O)cc2)c1-c1ccccc1. The Labute approximate surface area is 152 Å². The topological polar surface area (TPSA) is 72.6 Å². The van der Waals surface area contributed by atoms with Gasteiger partial charge in [0.2, 0.25) is 5.91 Å². The zero-order valence-electron chi connectivity index (χ0n) is 13.8. The highest BCUT2D eigenvalue weighted by atomic mass is 19.4. The number of aromatic hydroxyl groups is 1. The van der Waals surface area contributed by atoms with Crippen molar-refractivity contribution in [1.29, 1.82) is 0 Å². The van der Waals surface area contributed by atoms with Gasteiger partial charge in [0, 0.05) is 5.56 Å². The van der Waals surface area contributed by atoms with Gasteiger partial charge in [0.05, 0.1) is 5.56 Å². The van der Waals surface area contributed by atoms with Crippen molar-refractivity contribution in [3.63, 3.8) is 0 Å². The Bertz CT molecular complexity index is 968. The monoisotopic (exact) mass is 373 g/mol. The predicted molar refractivity (Wildman–Crippen MR) is 94.2 cm³/mol. The maximum absolute atomic E-state index is 12.7. The Balaban J connectivity index is 2.32. The molecule has 0 radical (unpaired) electrons. The van der Waals surface area contributed by atoms with E-state index in [1.807, 2.05) is 0 Å². The van der Waals surface area contributed by atoms with E-state index in [4.69, 9.17) is 5.73 Å². The summed E-state index contributed by atoms with van der Waals surface area (Å²) in [6.07, 6.45) is -4.92. The van der Waals surface area contributed by atoms with Crippen LogP contribution in [0.1, 0.15) is 10.4 Å². The first-order valence-corrected chi connectivity index (χ1v) is 7.83. The largest absolute Gasteiger partial charge is 0.573 e. The van der Waals surface area contributed by atoms with Crippen LogP contribution in [0.5, 0.6) is 11.5 Å². The van der Waals surface area contributed by atoms with Crippen molar-refractivity contribution < 1.29 is 27.8 Å². The van der Waals surface area contributed by atoms with Crippen LogP contribution in [0.4, 0.5) is 13.2 Å². The van der Waals surface area contributed by atoms with Gasteiger partial charge in [0.25, 0.3) is 0 Å². The molecule has 3 N–H and O–H groups in total. The number of amides is 1. The molecule has 0 aliphatic heterocycles. The molecule has 0 saturated carbocycles. The number of carbonyl (C=O) groups is 1. The average molecular weight is 373 g/mol. The molecular formula is C20H14F3NO3. The number of carbonyl (C=O) groups excluding carboxylic acids is 1. The lowest BCUT2D eigenvalue weighted by atomic mass is 9.90. The molecule has 0 heterocycles. The molecule has 0 spiro atoms. The maximum Gasteiger partial charge on any atom is 0.573 e. The van der Waals surface area contributed by atoms with Crippen LogP contribution in [-0.2, 0) is 0 Å². The smallest absolute Gasteiger partial charge is 0.508 e. The normalized spacial score (nSPS) is 11.2. The molecule has 1 amide bonds. The fraction of sp³-hybridized carbons (Fsp3) is 0.0500. The van der Waals surface area contributed by atoms with E-state index < -0.39 is 18.0 Å². The summed E-state index contributed by atoms with van der Waals surface area (Å²) in [6.45, 7) is 0. The first-order chi connectivity index (χ1) is 12.7. The molecule has 0 fully saturated rings. The Morgan fingerprint density at radius 3 is 2.11 bits per heavy atom. The van der Waals surface area contributed by atoms with E-state index in [-0.39, 0.29) is 11.3 Å². The van der Waals surface area contributed by atoms with Crippen LogP contribution >= 0.6 is 0 Å². The first kappa shape index (κ1) is 18.3. The third kappa shape index (κ3) is 4.20. The summed E-state index contributed by atoms with van der Waals surface area (Å²) in [5.41, 5.74) is 7.12. The van der Waals surface area contributed by atoms with Crippen LogP contribution in [0, 0.1) is 0 Å². The van der Waals surface area contributed by atoms with Crippen LogP contribution in [0.25, 0.3) is 22.3 Å². The quantitative estimate of drug-likeness (QED) is 0.695. The van der Waals surface area contributed by atoms with Gasteiger partial charge in [-0.05, 0) is 41.0 Å². The van der Waals surface area contributed by atoms with Crippen LogP contribution in [0.3, 0.4) is 0 Å². The van der Waals surface area contributed by atoms with E-state index in [0.717, 1.165) is 6.07 Å². The summed E-state index contributed by atoms with van der Waals surface area (Å²) >= 11 is 0. The van der Waals surface area contributed by atoms with Crippen molar-refractivity contribution in [1.82, 2.24) is 0 Å². The minimum absolute atomic E-state index is 0.00201. The molecule has 0 aliphatic rings. The molecule has 27 heavy (non-hydrogen) atoms. The number of primary amides is 1. The molecule has 0 bridgehead atoms. The maximum atomic E-state index is 12.7. The average Bonchev–Trinajstić information content (AvgIpc) is 2.61. The summed E-state index contributed by atoms with van der Waals surface area (Å²) < 4.78 is 42.2. The second kappa shape index (κ2) is 7.03. The van der Waals surface area contributed by atoms with Gasteiger partial charge in [-0.3, -0.25) is 4.79 Å². The summed E-state index contributed by atoms with van der Waals surface area (Å²) in [5, 5.41) is 9.49. The van der Waals surface area contributed by atoms with Crippen LogP contribution in [0.2, 0.25) is 0 Å². The number of phenols is 1. The number of rotatable bonds is 4. The van der Waals surface area contributed by atoms with Crippen molar-refractivity contribution in [2.45, 2.75) is 6.36 Å². The summed E-state index contributed by atoms with van der Waals surface area (Å²) in [4.78, 5) is 12.0. The van der Waals surface area contributed by atoms with Gasteiger partial charge in [-0.2, -0.15) is 0 Å². The molecule has 138 valence electrons. The molecule has 7 heteroatoms. The van der Waals surface area contributed by atoms with E-state index in [9.17, 15) is 23.1 Å². The van der Waals surface area contributed by atoms with Gasteiger partial charge >= 0.3 is 6.36 Å². The van der Waals surface area contributed by atoms with Gasteiger partial charge in [0.15, 0.2) is 0 Å². The van der Waals surface area contributed by atoms with Crippen molar-refractivity contribution in [3.05, 3.63) is 72.3 Å². The highest BCUT2D eigenvalue weighted by Crippen LogP contribution is 2.39. The molecule has 0 saturated heterocycles. The van der Waals surface area contributed by atoms with Crippen molar-refractivity contribution in [2.24, 2.45) is 5.73 Å². The van der Waals surface area contributed by atoms with Gasteiger partial charge in [0.1, 0.15) is 11.5 Å². The molecule has 0 aromatic heterocycles. The first-order valence-electron chi connectivity index (χ1n) is 7.83. The zero-order chi connectivity index (χ0) is 19.6. The van der Waals surface area contributed by atoms with E-state index in [1.165, 1.54) is 30.3 Å². The molecule has 3 aromatic rings. The third-order valence-electron chi connectivity index (χ3n) is 3.85. The Morgan fingerprint density at radius 2 is 1.56 bits per heavy atom. The van der Waals surface area contributed by atoms with Gasteiger partial charge in [-0.1, -0.05) is 42.5 Å². The van der Waals surface area contributed by atoms with Crippen molar-refractivity contribution in [2.75, 3.05) is 0 Å². The van der Waals surface area contributed by atoms with Crippen LogP contribution < -0.4 is 10.5 Å². The lowest BCUT2D eigenvalue weighted by Crippen LogP contribution is -2.19. The van der Waals surface area contributed by atoms with Crippen molar-refractivity contribution >= 4 is 5.91 Å². The van der Waals surface area contributed by atoms with Crippen molar-refractivity contribution in [3.8, 4) is 33.8 Å². The van der Waals surface area contributed by atoms with Gasteiger partial charge in [-0.15, -0.1) is 13.2 Å². The third-order valence-corrected chi connectivity index (χ3v) is 3.85. The Kier molecular flexibility index (Phi) is 4.77. The minimum Gasteiger partial charge on any atom is -0.508 e. The number of alkyl halides is 3. The molecule has 4 nitrogen and oxygen atoms in total. The molecule has 0 aliphatic carbocycles. The van der Waals surface area contributed by atoms with E-state index in [2.05, 4.69) is 4.74 Å². The second-order valence-corrected chi connectivity index (χ2v) is 5.72. The molecule has 0 atom stereocenters. The predicted octanol–water partition coefficient (Wildman–Crippen LogP) is 4.72. The number of hydrogen-bond acceptors (Lipinski definition) is 3. The number of phenolic OH excluding ortho intramolecular Hbond substituents is 1. The zero-order valence-corrected chi connectivity index (χ0v) is 13.8. The van der Waals surface area contributed by atoms with Gasteiger partial charge in [-0.25, -0.2) is 0 Å². The second-order valence-electron chi connectivity index (χ2n) is 5.72. The lowest BCUT2D eigenvalue weighted by molar-refractivity contribution is -0.274. The number of ether oxygens (including phenoxy) is 1. The Hall–Kier alpha value is -3.48. The highest BCUT2D eigenvalue weighted by Gasteiger charge is 2.32. The number of benzene rings is 3. The molecule has 0 unspecified atom stereocenters. The van der Waals surface area contributed by atoms with Crippen LogP contribution in [-0.4, -0.2) is 17.4 Å². The number of nitrogens with two attached hydrogens (primary N) is 1. The summed E-state index contributed by atoms with van der Waals surface area (Å²) in [7, 11) is 0. The standard InChI is InChI=1S/C20H14F3NO3/c21-20(22,23)27-15-10-16(12-6-8-14(25)9-7-12)18(17(11-15)19(24)26)13-4-2-1-3-5-13/h1-11,25H,(H2,24,26).